The summed E-state index contributed by atoms with van der Waals surface area (Å²) in [7, 11) is 5.38. The van der Waals surface area contributed by atoms with Crippen LogP contribution in [0, 0.1) is 0 Å². The van der Waals surface area contributed by atoms with Crippen molar-refractivity contribution in [3.63, 3.8) is 0 Å². The van der Waals surface area contributed by atoms with Crippen molar-refractivity contribution in [3.05, 3.63) is 47.3 Å². The molecule has 1 atom stereocenters. The Kier molecular flexibility index (Phi) is 7.66. The largest absolute Gasteiger partial charge is 0.497 e. The topological polar surface area (TPSA) is 87.7 Å². The molecule has 1 aliphatic heterocycles. The number of benzene rings is 1. The Morgan fingerprint density at radius 3 is 2.59 bits per heavy atom. The third kappa shape index (κ3) is 5.75. The minimum atomic E-state index is -0.176. The number of nitrogens with zero attached hydrogens (tertiary/aromatic N) is 4. The number of hydrogen-bond donors (Lipinski definition) is 1. The molecule has 0 spiro atoms. The summed E-state index contributed by atoms with van der Waals surface area (Å²) in [5.41, 5.74) is 2.31. The first-order valence-corrected chi connectivity index (χ1v) is 11.0. The van der Waals surface area contributed by atoms with E-state index in [-0.39, 0.29) is 23.8 Å². The molecule has 32 heavy (non-hydrogen) atoms. The molecular formula is C24H33N5O3. The zero-order valence-electron chi connectivity index (χ0n) is 19.6. The number of rotatable bonds is 8. The molecule has 8 nitrogen and oxygen atoms in total. The van der Waals surface area contributed by atoms with Crippen molar-refractivity contribution in [1.82, 2.24) is 20.2 Å². The summed E-state index contributed by atoms with van der Waals surface area (Å²) in [4.78, 5) is 38.3. The second kappa shape index (κ2) is 10.4. The molecule has 1 aromatic carbocycles. The summed E-state index contributed by atoms with van der Waals surface area (Å²) in [5.74, 6) is 1.32. The summed E-state index contributed by atoms with van der Waals surface area (Å²) in [5, 5.41) is 2.93. The van der Waals surface area contributed by atoms with E-state index in [1.165, 1.54) is 0 Å². The van der Waals surface area contributed by atoms with E-state index in [2.05, 4.69) is 10.3 Å². The highest BCUT2D eigenvalue weighted by Crippen LogP contribution is 2.30. The Bertz CT molecular complexity index is 943. The van der Waals surface area contributed by atoms with Crippen LogP contribution in [0.25, 0.3) is 0 Å². The Hall–Kier alpha value is -3.16. The van der Waals surface area contributed by atoms with Crippen LogP contribution in [0.3, 0.4) is 0 Å². The van der Waals surface area contributed by atoms with E-state index in [0.29, 0.717) is 43.1 Å². The lowest BCUT2D eigenvalue weighted by atomic mass is 9.99. The minimum absolute atomic E-state index is 0.00884. The predicted molar refractivity (Wildman–Crippen MR) is 124 cm³/mol. The van der Waals surface area contributed by atoms with Gasteiger partial charge in [0.05, 0.1) is 18.4 Å². The molecule has 1 aliphatic rings. The first kappa shape index (κ1) is 23.5. The van der Waals surface area contributed by atoms with Crippen molar-refractivity contribution in [2.75, 3.05) is 39.2 Å². The fraction of sp³-hybridized carbons (Fsp3) is 0.500. The SMILES string of the molecule is COc1ccc(CCC(=O)N2CCC(c3nc(N(C)C)ncc3C(=O)NC(C)C)C2)cc1. The second-order valence-electron chi connectivity index (χ2n) is 8.66. The maximum Gasteiger partial charge on any atom is 0.254 e. The van der Waals surface area contributed by atoms with E-state index < -0.39 is 0 Å². The van der Waals surface area contributed by atoms with Gasteiger partial charge in [-0.2, -0.15) is 0 Å². The molecule has 0 bridgehead atoms. The van der Waals surface area contributed by atoms with Gasteiger partial charge in [-0.05, 0) is 44.4 Å². The molecule has 8 heteroatoms. The Labute approximate surface area is 190 Å². The van der Waals surface area contributed by atoms with Crippen LogP contribution in [-0.4, -0.2) is 67.0 Å². The molecule has 1 aromatic heterocycles. The van der Waals surface area contributed by atoms with Crippen LogP contribution in [0.4, 0.5) is 5.95 Å². The fourth-order valence-corrected chi connectivity index (χ4v) is 3.84. The summed E-state index contributed by atoms with van der Waals surface area (Å²) < 4.78 is 5.18. The van der Waals surface area contributed by atoms with E-state index >= 15 is 0 Å². The van der Waals surface area contributed by atoms with Crippen LogP contribution in [0.1, 0.15) is 54.2 Å². The van der Waals surface area contributed by atoms with Crippen LogP contribution in [0.2, 0.25) is 0 Å². The van der Waals surface area contributed by atoms with Crippen molar-refractivity contribution < 1.29 is 14.3 Å². The van der Waals surface area contributed by atoms with Crippen molar-refractivity contribution in [3.8, 4) is 5.75 Å². The van der Waals surface area contributed by atoms with Crippen LogP contribution >= 0.6 is 0 Å². The highest BCUT2D eigenvalue weighted by atomic mass is 16.5. The standard InChI is InChI=1S/C24H33N5O3/c1-16(2)26-23(31)20-14-25-24(28(3)4)27-22(20)18-12-13-29(15-18)21(30)11-8-17-6-9-19(32-5)10-7-17/h6-7,9-10,14,16,18H,8,11-13,15H2,1-5H3,(H,26,31). The molecule has 0 aliphatic carbocycles. The van der Waals surface area contributed by atoms with Crippen LogP contribution in [-0.2, 0) is 11.2 Å². The first-order valence-electron chi connectivity index (χ1n) is 11.0. The van der Waals surface area contributed by atoms with E-state index in [0.717, 1.165) is 17.7 Å². The van der Waals surface area contributed by atoms with Crippen LogP contribution < -0.4 is 15.0 Å². The molecule has 2 amide bonds. The number of carbonyl (C=O) groups excluding carboxylic acids is 2. The van der Waals surface area contributed by atoms with Crippen molar-refractivity contribution in [2.45, 2.75) is 45.1 Å². The van der Waals surface area contributed by atoms with Crippen molar-refractivity contribution >= 4 is 17.8 Å². The van der Waals surface area contributed by atoms with E-state index in [1.807, 2.05) is 62.0 Å². The Morgan fingerprint density at radius 1 is 1.25 bits per heavy atom. The van der Waals surface area contributed by atoms with Crippen LogP contribution in [0.5, 0.6) is 5.75 Å². The van der Waals surface area contributed by atoms with Gasteiger partial charge in [0.25, 0.3) is 5.91 Å². The van der Waals surface area contributed by atoms with Gasteiger partial charge >= 0.3 is 0 Å². The zero-order chi connectivity index (χ0) is 23.3. The van der Waals surface area contributed by atoms with Crippen molar-refractivity contribution in [2.24, 2.45) is 0 Å². The van der Waals surface area contributed by atoms with Gasteiger partial charge in [0, 0.05) is 51.8 Å². The molecule has 0 saturated carbocycles. The molecule has 2 heterocycles. The molecule has 1 saturated heterocycles. The average molecular weight is 440 g/mol. The van der Waals surface area contributed by atoms with Crippen molar-refractivity contribution in [1.29, 1.82) is 0 Å². The number of carbonyl (C=O) groups is 2. The van der Waals surface area contributed by atoms with E-state index in [9.17, 15) is 9.59 Å². The van der Waals surface area contributed by atoms with Gasteiger partial charge in [-0.25, -0.2) is 9.97 Å². The minimum Gasteiger partial charge on any atom is -0.497 e. The number of ether oxygens (including phenoxy) is 1. The first-order chi connectivity index (χ1) is 15.3. The third-order valence-electron chi connectivity index (χ3n) is 5.58. The average Bonchev–Trinajstić information content (AvgIpc) is 3.27. The quantitative estimate of drug-likeness (QED) is 0.680. The predicted octanol–water partition coefficient (Wildman–Crippen LogP) is 2.64. The number of likely N-dealkylation sites (tertiary alicyclic amines) is 1. The summed E-state index contributed by atoms with van der Waals surface area (Å²) in [6, 6.07) is 7.81. The molecule has 0 radical (unpaired) electrons. The van der Waals surface area contributed by atoms with Gasteiger partial charge in [-0.3, -0.25) is 9.59 Å². The Morgan fingerprint density at radius 2 is 1.97 bits per heavy atom. The van der Waals surface area contributed by atoms with Gasteiger partial charge in [-0.1, -0.05) is 12.1 Å². The Balaban J connectivity index is 1.69. The highest BCUT2D eigenvalue weighted by molar-refractivity contribution is 5.95. The van der Waals surface area contributed by atoms with Gasteiger partial charge < -0.3 is 19.9 Å². The summed E-state index contributed by atoms with van der Waals surface area (Å²) >= 11 is 0. The number of anilines is 1. The molecule has 1 unspecified atom stereocenters. The highest BCUT2D eigenvalue weighted by Gasteiger charge is 2.31. The summed E-state index contributed by atoms with van der Waals surface area (Å²) in [6.07, 6.45) is 3.51. The number of nitrogens with one attached hydrogen (secondary N) is 1. The van der Waals surface area contributed by atoms with Gasteiger partial charge in [0.15, 0.2) is 0 Å². The monoisotopic (exact) mass is 439 g/mol. The lowest BCUT2D eigenvalue weighted by Crippen LogP contribution is -2.32. The maximum atomic E-state index is 12.8. The fourth-order valence-electron chi connectivity index (χ4n) is 3.84. The third-order valence-corrected chi connectivity index (χ3v) is 5.58. The molecule has 172 valence electrons. The second-order valence-corrected chi connectivity index (χ2v) is 8.66. The van der Waals surface area contributed by atoms with E-state index in [1.54, 1.807) is 13.3 Å². The van der Waals surface area contributed by atoms with Gasteiger partial charge in [-0.15, -0.1) is 0 Å². The lowest BCUT2D eigenvalue weighted by molar-refractivity contribution is -0.130. The molecular weight excluding hydrogens is 406 g/mol. The molecule has 2 aromatic rings. The lowest BCUT2D eigenvalue weighted by Gasteiger charge is -2.20. The summed E-state index contributed by atoms with van der Waals surface area (Å²) in [6.45, 7) is 5.07. The number of hydrogen-bond acceptors (Lipinski definition) is 6. The van der Waals surface area contributed by atoms with Gasteiger partial charge in [0.2, 0.25) is 11.9 Å². The number of aryl methyl sites for hydroxylation is 1. The smallest absolute Gasteiger partial charge is 0.254 e. The zero-order valence-corrected chi connectivity index (χ0v) is 19.6. The number of aromatic nitrogens is 2. The molecule has 1 fully saturated rings. The normalized spacial score (nSPS) is 15.7. The molecule has 3 rings (SSSR count). The van der Waals surface area contributed by atoms with Crippen LogP contribution in [0.15, 0.2) is 30.5 Å². The number of methoxy groups -OCH3 is 1. The number of amides is 2. The molecule has 1 N–H and O–H groups in total. The van der Waals surface area contributed by atoms with Gasteiger partial charge in [0.1, 0.15) is 5.75 Å². The van der Waals surface area contributed by atoms with E-state index in [4.69, 9.17) is 9.72 Å². The maximum absolute atomic E-state index is 12.8.